The molecule has 0 spiro atoms. The monoisotopic (exact) mass is 1680 g/mol. The van der Waals surface area contributed by atoms with Gasteiger partial charge in [0.05, 0.1) is 89.5 Å². The summed E-state index contributed by atoms with van der Waals surface area (Å²) in [6, 6.07) is 48.4. The lowest BCUT2D eigenvalue weighted by molar-refractivity contribution is 0.0591. The van der Waals surface area contributed by atoms with Crippen molar-refractivity contribution < 1.29 is 85.8 Å². The molecule has 10 aromatic rings. The number of aliphatic hydroxyl groups is 1. The molecular formula is C76H76Br4N6O18. The van der Waals surface area contributed by atoms with Crippen LogP contribution in [0.25, 0.3) is 22.2 Å². The van der Waals surface area contributed by atoms with E-state index in [1.54, 1.807) is 84.3 Å². The van der Waals surface area contributed by atoms with Gasteiger partial charge in [-0.2, -0.15) is 9.97 Å². The van der Waals surface area contributed by atoms with Gasteiger partial charge in [0.2, 0.25) is 0 Å². The number of nitrogens with one attached hydrogen (secondary N) is 2. The summed E-state index contributed by atoms with van der Waals surface area (Å²) in [7, 11) is 6.84. The van der Waals surface area contributed by atoms with Gasteiger partial charge in [-0.1, -0.05) is 124 Å². The van der Waals surface area contributed by atoms with Crippen LogP contribution in [0, 0.1) is 6.92 Å². The molecule has 24 nitrogen and oxygen atoms in total. The summed E-state index contributed by atoms with van der Waals surface area (Å²) in [6.07, 6.45) is 2.63. The molecule has 0 aliphatic carbocycles. The Bertz CT molecular complexity index is 4390. The first kappa shape index (κ1) is 80.0. The summed E-state index contributed by atoms with van der Waals surface area (Å²) in [5.41, 5.74) is 14.1. The second-order valence-electron chi connectivity index (χ2n) is 22.8. The molecule has 28 heteroatoms. The van der Waals surface area contributed by atoms with Crippen molar-refractivity contribution in [2.24, 2.45) is 0 Å². The standard InChI is InChI=1S/C18H16N2O4.C17H15N3O4.C12H15BrO3.C11H13NO3.C9H8Br2O2.C9H9BrO2/c1-22-17(21)12-6-7-13-11-20(8-9-23-16(13)10-12)18-19-14-4-2-3-5-15(14)24-18;21-16(19-22)11-5-6-12-10-20(7-8-23-15(12)9-11)17-18-13-3-1-2-4-14(13)24-17;1-16-12(15)10-6-5-9(11(13)8-10)4-2-3-7-14;1-14-11(13)8-2-3-9-7-12-4-5-15-10(9)6-8;1-13-9(12)6-2-3-7(5-10)8(11)4-6;1-6-3-4-7(5-8(6)10)9(11)12-2/h2-7,10H,8-9,11H2,1H3;1-6,9,22H,7-8,10H2,(H,19,21);5-6,8,14H,2-4,7H2,1H3;2-3,6,12H,4-5,7H2,1H3;2-4H,5H2,1H3;3-5H,1-2H3. The van der Waals surface area contributed by atoms with E-state index in [9.17, 15) is 28.8 Å². The van der Waals surface area contributed by atoms with E-state index in [0.717, 1.165) is 112 Å². The van der Waals surface area contributed by atoms with Crippen LogP contribution in [0.3, 0.4) is 0 Å². The number of anilines is 2. The summed E-state index contributed by atoms with van der Waals surface area (Å²) in [5, 5.41) is 21.4. The second kappa shape index (κ2) is 40.4. The number of aliphatic hydroxyl groups excluding tert-OH is 1. The summed E-state index contributed by atoms with van der Waals surface area (Å²) >= 11 is 13.5. The molecule has 2 aromatic heterocycles. The Morgan fingerprint density at radius 1 is 0.500 bits per heavy atom. The molecule has 13 rings (SSSR count). The SMILES string of the molecule is COC(=O)c1ccc(C)c(Br)c1.COC(=O)c1ccc(CBr)c(Br)c1.COC(=O)c1ccc(CCCCO)c(Br)c1.COC(=O)c1ccc2c(c1)OCCN(c1nc3ccccc3o1)C2.COC(=O)c1ccc2c(c1)OCCNC2.O=C(NO)c1ccc2c(c1)OCCN(c1nc3ccccc3o1)C2. The average Bonchev–Trinajstić information content (AvgIpc) is 1.66. The molecule has 0 saturated carbocycles. The van der Waals surface area contributed by atoms with Crippen LogP contribution in [0.4, 0.5) is 12.0 Å². The maximum absolute atomic E-state index is 11.7. The largest absolute Gasteiger partial charge is 0.492 e. The van der Waals surface area contributed by atoms with Crippen molar-refractivity contribution >= 4 is 134 Å². The number of oxazole rings is 2. The van der Waals surface area contributed by atoms with Gasteiger partial charge in [0, 0.05) is 60.7 Å². The number of nitrogens with zero attached hydrogens (tertiary/aromatic N) is 4. The summed E-state index contributed by atoms with van der Waals surface area (Å²) in [4.78, 5) is 81.0. The molecule has 104 heavy (non-hydrogen) atoms. The number of ether oxygens (including phenoxy) is 8. The number of hydroxylamine groups is 1. The van der Waals surface area contributed by atoms with Crippen molar-refractivity contribution in [2.45, 2.75) is 51.2 Å². The predicted octanol–water partition coefficient (Wildman–Crippen LogP) is 14.5. The van der Waals surface area contributed by atoms with Crippen LogP contribution < -0.4 is 34.8 Å². The molecular weight excluding hydrogens is 1600 g/mol. The molecule has 4 N–H and O–H groups in total. The molecule has 3 aliphatic rings. The molecule has 3 aliphatic heterocycles. The summed E-state index contributed by atoms with van der Waals surface area (Å²) in [5.74, 6) is -0.157. The lowest BCUT2D eigenvalue weighted by Crippen LogP contribution is -2.25. The van der Waals surface area contributed by atoms with Gasteiger partial charge >= 0.3 is 29.8 Å². The third kappa shape index (κ3) is 22.4. The molecule has 546 valence electrons. The number of carbonyl (C=O) groups is 6. The minimum absolute atomic E-state index is 0.220. The maximum atomic E-state index is 11.7. The van der Waals surface area contributed by atoms with Crippen molar-refractivity contribution in [3.8, 4) is 17.2 Å². The van der Waals surface area contributed by atoms with E-state index in [-0.39, 0.29) is 36.5 Å². The van der Waals surface area contributed by atoms with Gasteiger partial charge in [-0.15, -0.1) is 0 Å². The first-order chi connectivity index (χ1) is 50.3. The van der Waals surface area contributed by atoms with Gasteiger partial charge in [0.1, 0.15) is 48.1 Å². The van der Waals surface area contributed by atoms with Crippen molar-refractivity contribution in [1.29, 1.82) is 0 Å². The number of alkyl halides is 1. The highest BCUT2D eigenvalue weighted by atomic mass is 79.9. The zero-order valence-electron chi connectivity index (χ0n) is 57.6. The van der Waals surface area contributed by atoms with E-state index in [4.69, 9.17) is 38.1 Å². The number of rotatable bonds is 13. The van der Waals surface area contributed by atoms with Crippen LogP contribution in [0.5, 0.6) is 17.2 Å². The quantitative estimate of drug-likeness (QED) is 0.0208. The topological polar surface area (TPSA) is 299 Å². The Kier molecular flexibility index (Phi) is 31.1. The Morgan fingerprint density at radius 2 is 0.904 bits per heavy atom. The molecule has 0 fully saturated rings. The van der Waals surface area contributed by atoms with Crippen molar-refractivity contribution in [3.05, 3.63) is 238 Å². The van der Waals surface area contributed by atoms with Crippen LogP contribution in [-0.2, 0) is 55.1 Å². The summed E-state index contributed by atoms with van der Waals surface area (Å²) in [6.45, 7) is 7.75. The van der Waals surface area contributed by atoms with Crippen molar-refractivity contribution in [2.75, 3.05) is 91.4 Å². The van der Waals surface area contributed by atoms with Crippen molar-refractivity contribution in [3.63, 3.8) is 0 Å². The van der Waals surface area contributed by atoms with Gasteiger partial charge in [-0.05, 0) is 140 Å². The highest BCUT2D eigenvalue weighted by Gasteiger charge is 2.24. The van der Waals surface area contributed by atoms with Crippen LogP contribution >= 0.6 is 63.7 Å². The minimum Gasteiger partial charge on any atom is -0.492 e. The maximum Gasteiger partial charge on any atom is 0.337 e. The highest BCUT2D eigenvalue weighted by Crippen LogP contribution is 2.32. The van der Waals surface area contributed by atoms with E-state index < -0.39 is 5.91 Å². The van der Waals surface area contributed by atoms with Gasteiger partial charge in [0.25, 0.3) is 17.9 Å². The number of methoxy groups -OCH3 is 5. The molecule has 1 amide bonds. The number of fused-ring (bicyclic) bond motifs is 5. The average molecular weight is 1680 g/mol. The highest BCUT2D eigenvalue weighted by molar-refractivity contribution is 9.11. The predicted molar refractivity (Wildman–Crippen MR) is 403 cm³/mol. The van der Waals surface area contributed by atoms with Crippen molar-refractivity contribution in [1.82, 2.24) is 20.8 Å². The summed E-state index contributed by atoms with van der Waals surface area (Å²) < 4.78 is 54.6. The first-order valence-electron chi connectivity index (χ1n) is 32.4. The lowest BCUT2D eigenvalue weighted by Gasteiger charge is -2.16. The number of para-hydroxylation sites is 4. The van der Waals surface area contributed by atoms with Gasteiger partial charge in [-0.3, -0.25) is 10.0 Å². The van der Waals surface area contributed by atoms with Crippen LogP contribution in [0.2, 0.25) is 0 Å². The number of amides is 1. The molecule has 0 unspecified atom stereocenters. The van der Waals surface area contributed by atoms with E-state index in [0.29, 0.717) is 103 Å². The Morgan fingerprint density at radius 3 is 1.35 bits per heavy atom. The van der Waals surface area contributed by atoms with Gasteiger partial charge in [0.15, 0.2) is 11.2 Å². The molecule has 0 bridgehead atoms. The first-order valence-corrected chi connectivity index (χ1v) is 35.9. The van der Waals surface area contributed by atoms with E-state index in [2.05, 4.69) is 98.0 Å². The molecule has 5 heterocycles. The third-order valence-corrected chi connectivity index (χ3v) is 18.8. The number of halogens is 4. The normalized spacial score (nSPS) is 12.5. The lowest BCUT2D eigenvalue weighted by atomic mass is 10.1. The fraction of sp³-hybridized carbons (Fsp3) is 0.263. The van der Waals surface area contributed by atoms with E-state index >= 15 is 0 Å². The zero-order chi connectivity index (χ0) is 74.7. The van der Waals surface area contributed by atoms with E-state index in [1.807, 2.05) is 95.6 Å². The smallest absolute Gasteiger partial charge is 0.337 e. The number of aryl methyl sites for hydroxylation is 2. The molecule has 0 atom stereocenters. The fourth-order valence-electron chi connectivity index (χ4n) is 10.2. The number of benzene rings is 8. The number of aromatic nitrogens is 2. The number of hydrogen-bond donors (Lipinski definition) is 4. The third-order valence-electron chi connectivity index (χ3n) is 15.9. The van der Waals surface area contributed by atoms with Gasteiger partial charge < -0.3 is 67.0 Å². The van der Waals surface area contributed by atoms with Crippen LogP contribution in [0.1, 0.15) is 108 Å². The van der Waals surface area contributed by atoms with E-state index in [1.165, 1.54) is 35.5 Å². The second-order valence-corrected chi connectivity index (χ2v) is 25.9. The zero-order valence-corrected chi connectivity index (χ0v) is 64.0. The Balaban J connectivity index is 0.000000162. The van der Waals surface area contributed by atoms with Crippen LogP contribution in [-0.4, -0.2) is 138 Å². The number of unbranched alkanes of at least 4 members (excludes halogenated alkanes) is 1. The Labute approximate surface area is 633 Å². The number of esters is 5. The molecule has 8 aromatic carbocycles. The fourth-order valence-corrected chi connectivity index (χ4v) is 12.5. The number of hydrogen-bond acceptors (Lipinski definition) is 23. The van der Waals surface area contributed by atoms with Gasteiger partial charge in [-0.25, -0.2) is 29.5 Å². The molecule has 0 radical (unpaired) electrons. The molecule has 0 saturated heterocycles. The van der Waals surface area contributed by atoms with Crippen LogP contribution in [0.15, 0.2) is 180 Å². The Hall–Kier alpha value is -9.68. The minimum atomic E-state index is -0.568. The number of carbonyl (C=O) groups excluding carboxylic acids is 6.